The van der Waals surface area contributed by atoms with Crippen LogP contribution in [-0.2, 0) is 4.79 Å². The van der Waals surface area contributed by atoms with Gasteiger partial charge in [-0.15, -0.1) is 0 Å². The molecule has 9 heteroatoms. The molecule has 0 aliphatic carbocycles. The molecular weight excluding hydrogens is 455 g/mol. The van der Waals surface area contributed by atoms with Gasteiger partial charge in [-0.25, -0.2) is 0 Å². The van der Waals surface area contributed by atoms with E-state index in [2.05, 4.69) is 10.5 Å². The molecule has 5 nitrogen and oxygen atoms in total. The van der Waals surface area contributed by atoms with Crippen LogP contribution < -0.4 is 5.32 Å². The number of aliphatic imine (C=N–C) groups is 1. The van der Waals surface area contributed by atoms with Gasteiger partial charge in [-0.05, 0) is 38.6 Å². The molecule has 1 unspecified atom stereocenters. The first-order valence-electron chi connectivity index (χ1n) is 10.2. The molecule has 1 aromatic heterocycles. The molecule has 174 valence electrons. The Morgan fingerprint density at radius 2 is 1.76 bits per heavy atom. The minimum atomic E-state index is -4.42. The average Bonchev–Trinajstić information content (AvgIpc) is 3.09. The summed E-state index contributed by atoms with van der Waals surface area (Å²) in [7, 11) is 1.29. The minimum Gasteiger partial charge on any atom is -0.358 e. The van der Waals surface area contributed by atoms with Crippen molar-refractivity contribution in [2.24, 2.45) is 4.99 Å². The number of aromatic nitrogens is 1. The van der Waals surface area contributed by atoms with E-state index < -0.39 is 18.3 Å². The first kappa shape index (κ1) is 24.7. The number of aryl methyl sites for hydroxylation is 1. The number of hydrogen-bond donors (Lipinski definition) is 1. The fourth-order valence-electron chi connectivity index (χ4n) is 3.77. The highest BCUT2D eigenvalue weighted by Gasteiger charge is 2.42. The molecule has 0 radical (unpaired) electrons. The Balaban J connectivity index is 0.000000968. The summed E-state index contributed by atoms with van der Waals surface area (Å²) in [5.41, 5.74) is 4.30. The van der Waals surface area contributed by atoms with Crippen LogP contribution in [0.25, 0.3) is 11.1 Å². The number of alkyl halides is 3. The van der Waals surface area contributed by atoms with E-state index in [9.17, 15) is 13.2 Å². The third-order valence-electron chi connectivity index (χ3n) is 5.25. The number of aldehydes is 1. The lowest BCUT2D eigenvalue weighted by Crippen LogP contribution is -2.41. The van der Waals surface area contributed by atoms with Crippen molar-refractivity contribution < 1.29 is 22.5 Å². The number of halogens is 4. The molecular formula is C24H23ClF3N3O2. The molecule has 2 atom stereocenters. The lowest BCUT2D eigenvalue weighted by molar-refractivity contribution is -0.157. The molecule has 3 aromatic rings. The van der Waals surface area contributed by atoms with Gasteiger partial charge in [0.15, 0.2) is 5.76 Å². The van der Waals surface area contributed by atoms with Crippen molar-refractivity contribution >= 4 is 23.6 Å². The van der Waals surface area contributed by atoms with E-state index in [0.717, 1.165) is 23.0 Å². The zero-order valence-corrected chi connectivity index (χ0v) is 19.0. The highest BCUT2D eigenvalue weighted by molar-refractivity contribution is 6.30. The second-order valence-corrected chi connectivity index (χ2v) is 7.84. The Morgan fingerprint density at radius 3 is 2.33 bits per heavy atom. The number of nitrogens with zero attached hydrogens (tertiary/aromatic N) is 2. The first-order chi connectivity index (χ1) is 15.7. The monoisotopic (exact) mass is 477 g/mol. The van der Waals surface area contributed by atoms with Crippen molar-refractivity contribution in [1.82, 2.24) is 10.5 Å². The van der Waals surface area contributed by atoms with Gasteiger partial charge in [-0.3, -0.25) is 4.99 Å². The van der Waals surface area contributed by atoms with Crippen LogP contribution in [0.4, 0.5) is 13.2 Å². The van der Waals surface area contributed by atoms with Crippen molar-refractivity contribution in [3.63, 3.8) is 0 Å². The van der Waals surface area contributed by atoms with E-state index in [-0.39, 0.29) is 6.42 Å². The topological polar surface area (TPSA) is 67.5 Å². The molecule has 1 N–H and O–H groups in total. The molecule has 2 aromatic carbocycles. The third kappa shape index (κ3) is 5.34. The zero-order chi connectivity index (χ0) is 24.2. The number of fused-ring (bicyclic) bond motifs is 3. The van der Waals surface area contributed by atoms with Gasteiger partial charge in [0.05, 0.1) is 17.0 Å². The van der Waals surface area contributed by atoms with Gasteiger partial charge in [0.2, 0.25) is 0 Å². The summed E-state index contributed by atoms with van der Waals surface area (Å²) in [4.78, 5) is 13.6. The van der Waals surface area contributed by atoms with E-state index in [1.807, 2.05) is 36.4 Å². The number of carbonyl (C=O) groups excluding carboxylic acids is 1. The van der Waals surface area contributed by atoms with Crippen LogP contribution in [0.1, 0.15) is 42.0 Å². The van der Waals surface area contributed by atoms with Gasteiger partial charge in [-0.2, -0.15) is 13.2 Å². The Labute approximate surface area is 194 Å². The molecule has 33 heavy (non-hydrogen) atoms. The summed E-state index contributed by atoms with van der Waals surface area (Å²) in [6.07, 6.45) is -3.98. The van der Waals surface area contributed by atoms with Crippen LogP contribution in [0.15, 0.2) is 58.0 Å². The fraction of sp³-hybridized carbons (Fsp3) is 0.292. The van der Waals surface area contributed by atoms with Crippen LogP contribution in [-0.4, -0.2) is 36.4 Å². The third-order valence-corrected chi connectivity index (χ3v) is 5.50. The maximum Gasteiger partial charge on any atom is 0.403 e. The average molecular weight is 478 g/mol. The Kier molecular flexibility index (Phi) is 7.71. The Morgan fingerprint density at radius 1 is 1.15 bits per heavy atom. The normalized spacial score (nSPS) is 15.8. The molecule has 0 saturated heterocycles. The quantitative estimate of drug-likeness (QED) is 0.472. The molecule has 0 fully saturated rings. The van der Waals surface area contributed by atoms with Crippen LogP contribution in [0, 0.1) is 6.92 Å². The smallest absolute Gasteiger partial charge is 0.358 e. The van der Waals surface area contributed by atoms with E-state index in [1.165, 1.54) is 14.0 Å². The van der Waals surface area contributed by atoms with Gasteiger partial charge in [-0.1, -0.05) is 53.2 Å². The van der Waals surface area contributed by atoms with Gasteiger partial charge in [0.25, 0.3) is 0 Å². The predicted molar refractivity (Wildman–Crippen MR) is 122 cm³/mol. The van der Waals surface area contributed by atoms with Crippen molar-refractivity contribution in [3.05, 3.63) is 76.1 Å². The number of carbonyl (C=O) groups is 1. The second-order valence-electron chi connectivity index (χ2n) is 7.41. The summed E-state index contributed by atoms with van der Waals surface area (Å²) in [5.74, 6) is 0.341. The van der Waals surface area contributed by atoms with Gasteiger partial charge >= 0.3 is 6.18 Å². The molecule has 1 aliphatic rings. The van der Waals surface area contributed by atoms with Crippen LogP contribution >= 0.6 is 11.6 Å². The summed E-state index contributed by atoms with van der Waals surface area (Å²) < 4.78 is 46.1. The summed E-state index contributed by atoms with van der Waals surface area (Å²) in [6.45, 7) is 3.22. The Bertz CT molecular complexity index is 1140. The van der Waals surface area contributed by atoms with E-state index in [1.54, 1.807) is 19.1 Å². The van der Waals surface area contributed by atoms with E-state index >= 15 is 0 Å². The number of rotatable bonds is 4. The summed E-state index contributed by atoms with van der Waals surface area (Å²) in [6, 6.07) is 12.1. The summed E-state index contributed by atoms with van der Waals surface area (Å²) in [5, 5.41) is 6.95. The number of benzene rings is 2. The molecule has 0 spiro atoms. The SMILES string of the molecule is CC=O.CNC(C[C@@H]1N=C(c2ccc(Cl)cc2)c2ccccc2-c2c(C)noc21)C(F)(F)F. The van der Waals surface area contributed by atoms with Gasteiger partial charge < -0.3 is 14.6 Å². The van der Waals surface area contributed by atoms with Crippen LogP contribution in [0.3, 0.4) is 0 Å². The largest absolute Gasteiger partial charge is 0.403 e. The van der Waals surface area contributed by atoms with Gasteiger partial charge in [0, 0.05) is 22.6 Å². The highest BCUT2D eigenvalue weighted by Crippen LogP contribution is 2.42. The lowest BCUT2D eigenvalue weighted by Gasteiger charge is -2.22. The number of hydrogen-bond acceptors (Lipinski definition) is 5. The van der Waals surface area contributed by atoms with E-state index in [0.29, 0.717) is 27.8 Å². The Hall–Kier alpha value is -2.97. The molecule has 0 saturated carbocycles. The molecule has 0 amide bonds. The van der Waals surface area contributed by atoms with Gasteiger partial charge in [0.1, 0.15) is 18.4 Å². The van der Waals surface area contributed by atoms with Crippen molar-refractivity contribution in [2.75, 3.05) is 7.05 Å². The van der Waals surface area contributed by atoms with Crippen LogP contribution in [0.5, 0.6) is 0 Å². The maximum absolute atomic E-state index is 13.5. The highest BCUT2D eigenvalue weighted by atomic mass is 35.5. The zero-order valence-electron chi connectivity index (χ0n) is 18.3. The van der Waals surface area contributed by atoms with Crippen molar-refractivity contribution in [2.45, 2.75) is 38.5 Å². The molecule has 1 aliphatic heterocycles. The first-order valence-corrected chi connectivity index (χ1v) is 10.6. The molecule has 0 bridgehead atoms. The van der Waals surface area contributed by atoms with Crippen molar-refractivity contribution in [1.29, 1.82) is 0 Å². The number of nitrogens with one attached hydrogen (secondary N) is 1. The standard InChI is InChI=1S/C22H19ClF3N3O.C2H4O/c1-12-19-15-5-3-4-6-16(15)20(13-7-9-14(23)10-8-13)28-17(21(19)30-29-12)11-18(27-2)22(24,25)26;1-2-3/h3-10,17-18,27H,11H2,1-2H3;2H,1H3/t17-,18?;/m0./s1. The van der Waals surface area contributed by atoms with Crippen LogP contribution in [0.2, 0.25) is 5.02 Å². The maximum atomic E-state index is 13.5. The predicted octanol–water partition coefficient (Wildman–Crippen LogP) is 5.94. The fourth-order valence-corrected chi connectivity index (χ4v) is 3.90. The summed E-state index contributed by atoms with van der Waals surface area (Å²) >= 11 is 6.03. The minimum absolute atomic E-state index is 0.313. The van der Waals surface area contributed by atoms with E-state index in [4.69, 9.17) is 25.9 Å². The lowest BCUT2D eigenvalue weighted by atomic mass is 9.92. The second kappa shape index (κ2) is 10.3. The van der Waals surface area contributed by atoms with Crippen molar-refractivity contribution in [3.8, 4) is 11.1 Å². The molecule has 4 rings (SSSR count). The molecule has 2 heterocycles.